The zero-order chi connectivity index (χ0) is 13.1. The highest BCUT2D eigenvalue weighted by Gasteiger charge is 2.26. The number of fused-ring (bicyclic) bond motifs is 1. The van der Waals surface area contributed by atoms with Crippen LogP contribution in [0.25, 0.3) is 0 Å². The minimum Gasteiger partial charge on any atom is -0.342 e. The van der Waals surface area contributed by atoms with Crippen molar-refractivity contribution in [1.29, 1.82) is 0 Å². The first kappa shape index (κ1) is 12.7. The zero-order valence-corrected chi connectivity index (χ0v) is 11.4. The number of carbonyl (C=O) groups is 1. The molecule has 0 saturated carbocycles. The number of nitrogens with zero attached hydrogens (tertiary/aromatic N) is 1. The summed E-state index contributed by atoms with van der Waals surface area (Å²) in [6, 6.07) is 8.61. The minimum atomic E-state index is 0.252. The predicted molar refractivity (Wildman–Crippen MR) is 76.0 cm³/mol. The molecule has 2 aliphatic rings. The van der Waals surface area contributed by atoms with Gasteiger partial charge in [0.05, 0.1) is 0 Å². The van der Waals surface area contributed by atoms with E-state index < -0.39 is 0 Å². The molecule has 19 heavy (non-hydrogen) atoms. The molecule has 3 rings (SSSR count). The molecule has 0 radical (unpaired) electrons. The molecule has 3 heteroatoms. The van der Waals surface area contributed by atoms with Gasteiger partial charge in [-0.1, -0.05) is 24.3 Å². The van der Waals surface area contributed by atoms with Gasteiger partial charge in [-0.05, 0) is 49.9 Å². The number of hydrogen-bond donors (Lipinski definition) is 1. The predicted octanol–water partition coefficient (Wildman–Crippen LogP) is 1.61. The van der Waals surface area contributed by atoms with Gasteiger partial charge in [-0.2, -0.15) is 0 Å². The van der Waals surface area contributed by atoms with Gasteiger partial charge in [0.2, 0.25) is 5.91 Å². The van der Waals surface area contributed by atoms with Gasteiger partial charge in [-0.15, -0.1) is 0 Å². The lowest BCUT2D eigenvalue weighted by Gasteiger charge is -2.28. The Kier molecular flexibility index (Phi) is 3.83. The molecule has 0 unspecified atom stereocenters. The normalized spacial score (nSPS) is 20.7. The van der Waals surface area contributed by atoms with E-state index in [0.29, 0.717) is 5.91 Å². The average Bonchev–Trinajstić information content (AvgIpc) is 2.70. The van der Waals surface area contributed by atoms with Crippen LogP contribution in [-0.4, -0.2) is 37.0 Å². The minimum absolute atomic E-state index is 0.252. The second kappa shape index (κ2) is 5.74. The maximum Gasteiger partial charge on any atom is 0.225 e. The summed E-state index contributed by atoms with van der Waals surface area (Å²) in [5, 5.41) is 3.33. The number of benzene rings is 1. The molecule has 0 aliphatic carbocycles. The van der Waals surface area contributed by atoms with Crippen molar-refractivity contribution in [3.8, 4) is 0 Å². The lowest BCUT2D eigenvalue weighted by molar-refractivity contribution is -0.136. The van der Waals surface area contributed by atoms with Crippen molar-refractivity contribution >= 4 is 5.91 Å². The van der Waals surface area contributed by atoms with Gasteiger partial charge in [-0.25, -0.2) is 0 Å². The van der Waals surface area contributed by atoms with E-state index >= 15 is 0 Å². The van der Waals surface area contributed by atoms with Gasteiger partial charge < -0.3 is 10.2 Å². The number of piperidine rings is 1. The van der Waals surface area contributed by atoms with E-state index in [4.69, 9.17) is 0 Å². The quantitative estimate of drug-likeness (QED) is 0.830. The van der Waals surface area contributed by atoms with Crippen LogP contribution in [0.2, 0.25) is 0 Å². The monoisotopic (exact) mass is 258 g/mol. The van der Waals surface area contributed by atoms with Crippen molar-refractivity contribution in [2.75, 3.05) is 26.2 Å². The van der Waals surface area contributed by atoms with Crippen LogP contribution < -0.4 is 5.32 Å². The Morgan fingerprint density at radius 1 is 1.05 bits per heavy atom. The van der Waals surface area contributed by atoms with E-state index in [1.54, 1.807) is 0 Å². The SMILES string of the molecule is O=C(C1CCNCC1)N1CCc2ccccc2CC1. The first-order valence-electron chi connectivity index (χ1n) is 7.41. The second-order valence-corrected chi connectivity index (χ2v) is 5.62. The Labute approximate surface area is 115 Å². The smallest absolute Gasteiger partial charge is 0.225 e. The van der Waals surface area contributed by atoms with Crippen molar-refractivity contribution in [2.45, 2.75) is 25.7 Å². The Bertz CT molecular complexity index is 425. The summed E-state index contributed by atoms with van der Waals surface area (Å²) in [6.07, 6.45) is 4.02. The highest BCUT2D eigenvalue weighted by atomic mass is 16.2. The molecule has 102 valence electrons. The molecule has 1 saturated heterocycles. The van der Waals surface area contributed by atoms with Crippen LogP contribution in [0.15, 0.2) is 24.3 Å². The molecule has 3 nitrogen and oxygen atoms in total. The Hall–Kier alpha value is -1.35. The molecular weight excluding hydrogens is 236 g/mol. The van der Waals surface area contributed by atoms with Crippen molar-refractivity contribution in [3.05, 3.63) is 35.4 Å². The van der Waals surface area contributed by atoms with Gasteiger partial charge in [0.15, 0.2) is 0 Å². The van der Waals surface area contributed by atoms with Gasteiger partial charge in [0.1, 0.15) is 0 Å². The summed E-state index contributed by atoms with van der Waals surface area (Å²) < 4.78 is 0. The number of rotatable bonds is 1. The van der Waals surface area contributed by atoms with Crippen LogP contribution in [0.3, 0.4) is 0 Å². The van der Waals surface area contributed by atoms with E-state index in [1.165, 1.54) is 11.1 Å². The average molecular weight is 258 g/mol. The van der Waals surface area contributed by atoms with Crippen LogP contribution in [-0.2, 0) is 17.6 Å². The van der Waals surface area contributed by atoms with Crippen LogP contribution in [0.4, 0.5) is 0 Å². The van der Waals surface area contributed by atoms with Crippen LogP contribution in [0.1, 0.15) is 24.0 Å². The first-order valence-corrected chi connectivity index (χ1v) is 7.41. The van der Waals surface area contributed by atoms with Gasteiger partial charge in [0.25, 0.3) is 0 Å². The van der Waals surface area contributed by atoms with Crippen molar-refractivity contribution in [1.82, 2.24) is 10.2 Å². The maximum absolute atomic E-state index is 12.6. The Balaban J connectivity index is 1.66. The van der Waals surface area contributed by atoms with Gasteiger partial charge in [-0.3, -0.25) is 4.79 Å². The molecule has 1 amide bonds. The Morgan fingerprint density at radius 3 is 2.21 bits per heavy atom. The zero-order valence-electron chi connectivity index (χ0n) is 11.4. The van der Waals surface area contributed by atoms with Gasteiger partial charge >= 0.3 is 0 Å². The van der Waals surface area contributed by atoms with Crippen LogP contribution >= 0.6 is 0 Å². The van der Waals surface area contributed by atoms with E-state index in [1.807, 2.05) is 0 Å². The molecule has 2 aliphatic heterocycles. The Morgan fingerprint density at radius 2 is 1.63 bits per heavy atom. The largest absolute Gasteiger partial charge is 0.342 e. The number of nitrogens with one attached hydrogen (secondary N) is 1. The van der Waals surface area contributed by atoms with Crippen LogP contribution in [0.5, 0.6) is 0 Å². The molecule has 0 atom stereocenters. The summed E-state index contributed by atoms with van der Waals surface area (Å²) in [7, 11) is 0. The fourth-order valence-corrected chi connectivity index (χ4v) is 3.22. The number of carbonyl (C=O) groups excluding carboxylic acids is 1. The van der Waals surface area contributed by atoms with E-state index in [2.05, 4.69) is 34.5 Å². The third-order valence-electron chi connectivity index (χ3n) is 4.42. The summed E-state index contributed by atoms with van der Waals surface area (Å²) >= 11 is 0. The summed E-state index contributed by atoms with van der Waals surface area (Å²) in [5.41, 5.74) is 2.84. The fraction of sp³-hybridized carbons (Fsp3) is 0.562. The van der Waals surface area contributed by atoms with E-state index in [9.17, 15) is 4.79 Å². The molecule has 1 aromatic carbocycles. The molecular formula is C16H22N2O. The number of amides is 1. The molecule has 1 N–H and O–H groups in total. The molecule has 1 aromatic rings. The molecule has 0 aromatic heterocycles. The third-order valence-corrected chi connectivity index (χ3v) is 4.42. The molecule has 0 bridgehead atoms. The fourth-order valence-electron chi connectivity index (χ4n) is 3.22. The summed E-state index contributed by atoms with van der Waals surface area (Å²) in [4.78, 5) is 14.6. The third kappa shape index (κ3) is 2.81. The van der Waals surface area contributed by atoms with Crippen molar-refractivity contribution in [3.63, 3.8) is 0 Å². The molecule has 2 heterocycles. The number of hydrogen-bond acceptors (Lipinski definition) is 2. The van der Waals surface area contributed by atoms with Gasteiger partial charge in [0, 0.05) is 19.0 Å². The van der Waals surface area contributed by atoms with E-state index in [-0.39, 0.29) is 5.92 Å². The molecule has 1 fully saturated rings. The van der Waals surface area contributed by atoms with Crippen molar-refractivity contribution in [2.24, 2.45) is 5.92 Å². The highest BCUT2D eigenvalue weighted by molar-refractivity contribution is 5.79. The molecule has 0 spiro atoms. The maximum atomic E-state index is 12.6. The lowest BCUT2D eigenvalue weighted by atomic mass is 9.96. The van der Waals surface area contributed by atoms with E-state index in [0.717, 1.165) is 51.9 Å². The lowest BCUT2D eigenvalue weighted by Crippen LogP contribution is -2.42. The first-order chi connectivity index (χ1) is 9.34. The summed E-state index contributed by atoms with van der Waals surface area (Å²) in [5.74, 6) is 0.636. The standard InChI is InChI=1S/C16H22N2O/c19-16(15-5-9-17-10-6-15)18-11-7-13-3-1-2-4-14(13)8-12-18/h1-4,15,17H,5-12H2. The highest BCUT2D eigenvalue weighted by Crippen LogP contribution is 2.20. The topological polar surface area (TPSA) is 32.3 Å². The summed E-state index contributed by atoms with van der Waals surface area (Å²) in [6.45, 7) is 3.76. The van der Waals surface area contributed by atoms with Crippen LogP contribution in [0, 0.1) is 5.92 Å². The second-order valence-electron chi connectivity index (χ2n) is 5.62. The van der Waals surface area contributed by atoms with Crippen molar-refractivity contribution < 1.29 is 4.79 Å².